The van der Waals surface area contributed by atoms with E-state index < -0.39 is 0 Å². The minimum atomic E-state index is -0.297. The van der Waals surface area contributed by atoms with Gasteiger partial charge >= 0.3 is 0 Å². The van der Waals surface area contributed by atoms with Gasteiger partial charge in [0.25, 0.3) is 11.8 Å². The highest BCUT2D eigenvalue weighted by Crippen LogP contribution is 2.25. The molecule has 1 atom stereocenters. The summed E-state index contributed by atoms with van der Waals surface area (Å²) in [6.45, 7) is 3.28. The lowest BCUT2D eigenvalue weighted by Crippen LogP contribution is -2.32. The Hall–Kier alpha value is -2.78. The molecular weight excluding hydrogens is 396 g/mol. The lowest BCUT2D eigenvalue weighted by atomic mass is 10.2. The number of hydrogen-bond donors (Lipinski definition) is 1. The van der Waals surface area contributed by atoms with Crippen molar-refractivity contribution in [1.82, 2.24) is 20.2 Å². The molecule has 3 aromatic rings. The summed E-state index contributed by atoms with van der Waals surface area (Å²) < 4.78 is 5.72. The van der Waals surface area contributed by atoms with Gasteiger partial charge in [0.1, 0.15) is 27.9 Å². The van der Waals surface area contributed by atoms with Crippen LogP contribution in [0.3, 0.4) is 0 Å². The quantitative estimate of drug-likeness (QED) is 0.709. The Bertz CT molecular complexity index is 987. The molecule has 0 spiro atoms. The molecule has 0 bridgehead atoms. The second kappa shape index (κ2) is 8.07. The van der Waals surface area contributed by atoms with Crippen LogP contribution in [0.25, 0.3) is 0 Å². The highest BCUT2D eigenvalue weighted by atomic mass is 32.1. The number of carbonyl (C=O) groups is 2. The van der Waals surface area contributed by atoms with E-state index in [0.717, 1.165) is 11.3 Å². The lowest BCUT2D eigenvalue weighted by molar-refractivity contribution is 0.0728. The van der Waals surface area contributed by atoms with Gasteiger partial charge in [0.15, 0.2) is 0 Å². The van der Waals surface area contributed by atoms with E-state index in [2.05, 4.69) is 15.3 Å². The summed E-state index contributed by atoms with van der Waals surface area (Å²) in [5, 5.41) is 5.32. The molecule has 0 saturated carbocycles. The van der Waals surface area contributed by atoms with Crippen LogP contribution in [-0.2, 0) is 6.54 Å². The summed E-state index contributed by atoms with van der Waals surface area (Å²) >= 11 is 2.64. The molecule has 0 unspecified atom stereocenters. The zero-order chi connectivity index (χ0) is 19.5. The van der Waals surface area contributed by atoms with Gasteiger partial charge in [0, 0.05) is 17.5 Å². The summed E-state index contributed by atoms with van der Waals surface area (Å²) in [5.41, 5.74) is 2.98. The Labute approximate surface area is 170 Å². The first kappa shape index (κ1) is 18.6. The highest BCUT2D eigenvalue weighted by Gasteiger charge is 2.24. The van der Waals surface area contributed by atoms with Crippen molar-refractivity contribution >= 4 is 34.5 Å². The van der Waals surface area contributed by atoms with Crippen LogP contribution in [0.15, 0.2) is 41.4 Å². The largest absolute Gasteiger partial charge is 0.491 e. The standard InChI is InChI=1S/C19H18N4O3S2/c1-12(21-17(24)16-8-20-11-28-16)18-22-14(10-27-18)19(25)23-6-7-26-15-5-3-2-4-13(15)9-23/h2-5,8,10-12H,6-7,9H2,1H3,(H,21,24)/t12-/m0/s1. The topological polar surface area (TPSA) is 84.4 Å². The fourth-order valence-corrected chi connectivity index (χ4v) is 4.23. The van der Waals surface area contributed by atoms with Crippen molar-refractivity contribution in [3.63, 3.8) is 0 Å². The number of amides is 2. The maximum atomic E-state index is 12.9. The van der Waals surface area contributed by atoms with Crippen LogP contribution in [0, 0.1) is 0 Å². The van der Waals surface area contributed by atoms with Crippen molar-refractivity contribution in [2.75, 3.05) is 13.2 Å². The van der Waals surface area contributed by atoms with Gasteiger partial charge in [-0.15, -0.1) is 22.7 Å². The van der Waals surface area contributed by atoms with Crippen LogP contribution in [0.2, 0.25) is 0 Å². The molecule has 4 rings (SSSR count). The molecule has 3 heterocycles. The second-order valence-electron chi connectivity index (χ2n) is 6.31. The Morgan fingerprint density at radius 3 is 2.96 bits per heavy atom. The molecule has 28 heavy (non-hydrogen) atoms. The predicted molar refractivity (Wildman–Crippen MR) is 107 cm³/mol. The van der Waals surface area contributed by atoms with E-state index in [4.69, 9.17) is 4.74 Å². The van der Waals surface area contributed by atoms with E-state index >= 15 is 0 Å². The van der Waals surface area contributed by atoms with Crippen LogP contribution in [-0.4, -0.2) is 39.8 Å². The molecule has 1 N–H and O–H groups in total. The minimum Gasteiger partial charge on any atom is -0.491 e. The molecule has 0 radical (unpaired) electrons. The fraction of sp³-hybridized carbons (Fsp3) is 0.263. The van der Waals surface area contributed by atoms with Crippen molar-refractivity contribution < 1.29 is 14.3 Å². The maximum absolute atomic E-state index is 12.9. The number of rotatable bonds is 4. The first-order valence-corrected chi connectivity index (χ1v) is 10.5. The molecule has 1 aliphatic rings. The number of hydrogen-bond acceptors (Lipinski definition) is 7. The molecule has 0 aliphatic carbocycles. The van der Waals surface area contributed by atoms with Crippen molar-refractivity contribution in [2.45, 2.75) is 19.5 Å². The summed E-state index contributed by atoms with van der Waals surface area (Å²) in [6, 6.07) is 7.44. The van der Waals surface area contributed by atoms with E-state index in [0.29, 0.717) is 35.3 Å². The number of carbonyl (C=O) groups excluding carboxylic acids is 2. The predicted octanol–water partition coefficient (Wildman–Crippen LogP) is 3.13. The number of benzene rings is 1. The Kier molecular flexibility index (Phi) is 5.36. The molecule has 144 valence electrons. The van der Waals surface area contributed by atoms with E-state index in [1.54, 1.807) is 15.8 Å². The lowest BCUT2D eigenvalue weighted by Gasteiger charge is -2.18. The first-order valence-electron chi connectivity index (χ1n) is 8.76. The third-order valence-electron chi connectivity index (χ3n) is 4.35. The van der Waals surface area contributed by atoms with Gasteiger partial charge in [-0.1, -0.05) is 18.2 Å². The minimum absolute atomic E-state index is 0.135. The van der Waals surface area contributed by atoms with Crippen LogP contribution in [0.1, 0.15) is 43.7 Å². The third-order valence-corrected chi connectivity index (χ3v) is 6.15. The summed E-state index contributed by atoms with van der Waals surface area (Å²) in [6.07, 6.45) is 1.53. The smallest absolute Gasteiger partial charge is 0.273 e. The monoisotopic (exact) mass is 414 g/mol. The first-order chi connectivity index (χ1) is 13.6. The number of aromatic nitrogens is 2. The van der Waals surface area contributed by atoms with Gasteiger partial charge in [-0.25, -0.2) is 4.98 Å². The Morgan fingerprint density at radius 2 is 2.14 bits per heavy atom. The van der Waals surface area contributed by atoms with E-state index in [9.17, 15) is 9.59 Å². The zero-order valence-electron chi connectivity index (χ0n) is 15.1. The molecule has 1 aromatic carbocycles. The van der Waals surface area contributed by atoms with Gasteiger partial charge in [-0.05, 0) is 13.0 Å². The number of ether oxygens (including phenoxy) is 1. The normalized spacial score (nSPS) is 14.5. The molecule has 0 saturated heterocycles. The van der Waals surface area contributed by atoms with Crippen LogP contribution >= 0.6 is 22.7 Å². The van der Waals surface area contributed by atoms with Crippen LogP contribution < -0.4 is 10.1 Å². The third kappa shape index (κ3) is 3.90. The summed E-state index contributed by atoms with van der Waals surface area (Å²) in [5.74, 6) is 0.485. The number of nitrogens with one attached hydrogen (secondary N) is 1. The fourth-order valence-electron chi connectivity index (χ4n) is 2.90. The van der Waals surface area contributed by atoms with Gasteiger partial charge in [0.05, 0.1) is 24.3 Å². The SMILES string of the molecule is C[C@H](NC(=O)c1cncs1)c1nc(C(=O)N2CCOc3ccccc3C2)cs1. The maximum Gasteiger partial charge on any atom is 0.273 e. The van der Waals surface area contributed by atoms with E-state index in [1.165, 1.54) is 28.9 Å². The molecule has 9 heteroatoms. The second-order valence-corrected chi connectivity index (χ2v) is 8.09. The van der Waals surface area contributed by atoms with Gasteiger partial charge in [-0.2, -0.15) is 0 Å². The van der Waals surface area contributed by atoms with E-state index in [1.807, 2.05) is 31.2 Å². The molecule has 2 aromatic heterocycles. The van der Waals surface area contributed by atoms with Gasteiger partial charge < -0.3 is 15.0 Å². The zero-order valence-corrected chi connectivity index (χ0v) is 16.8. The average Bonchev–Trinajstić information content (AvgIpc) is 3.36. The summed E-state index contributed by atoms with van der Waals surface area (Å²) in [7, 11) is 0. The van der Waals surface area contributed by atoms with Gasteiger partial charge in [0.2, 0.25) is 0 Å². The highest BCUT2D eigenvalue weighted by molar-refractivity contribution is 7.11. The number of thiazole rings is 2. The molecule has 0 fully saturated rings. The Morgan fingerprint density at radius 1 is 1.29 bits per heavy atom. The molecule has 2 amide bonds. The van der Waals surface area contributed by atoms with Crippen molar-refractivity contribution in [2.24, 2.45) is 0 Å². The van der Waals surface area contributed by atoms with Crippen LogP contribution in [0.5, 0.6) is 5.75 Å². The summed E-state index contributed by atoms with van der Waals surface area (Å²) in [4.78, 5) is 35.8. The average molecular weight is 415 g/mol. The van der Waals surface area contributed by atoms with Crippen molar-refractivity contribution in [3.8, 4) is 5.75 Å². The number of nitrogens with zero attached hydrogens (tertiary/aromatic N) is 3. The molecular formula is C19H18N4O3S2. The van der Waals surface area contributed by atoms with Crippen LogP contribution in [0.4, 0.5) is 0 Å². The number of fused-ring (bicyclic) bond motifs is 1. The van der Waals surface area contributed by atoms with Crippen molar-refractivity contribution in [3.05, 3.63) is 62.5 Å². The number of para-hydroxylation sites is 1. The Balaban J connectivity index is 1.45. The molecule has 1 aliphatic heterocycles. The van der Waals surface area contributed by atoms with E-state index in [-0.39, 0.29) is 17.9 Å². The van der Waals surface area contributed by atoms with Crippen molar-refractivity contribution in [1.29, 1.82) is 0 Å². The van der Waals surface area contributed by atoms with Gasteiger partial charge in [-0.3, -0.25) is 14.6 Å². The molecule has 7 nitrogen and oxygen atoms in total.